The van der Waals surface area contributed by atoms with Crippen molar-refractivity contribution in [3.63, 3.8) is 0 Å². The maximum Gasteiger partial charge on any atom is 0.326 e. The predicted octanol–water partition coefficient (Wildman–Crippen LogP) is 1.60. The lowest BCUT2D eigenvalue weighted by atomic mass is 9.77. The van der Waals surface area contributed by atoms with Gasteiger partial charge in [-0.3, -0.25) is 9.48 Å². The normalized spacial score (nSPS) is 21.5. The molecule has 142 valence electrons. The van der Waals surface area contributed by atoms with Crippen molar-refractivity contribution >= 4 is 11.9 Å². The fourth-order valence-corrected chi connectivity index (χ4v) is 4.36. The molecule has 2 N–H and O–H groups in total. The summed E-state index contributed by atoms with van der Waals surface area (Å²) in [7, 11) is 0. The molecule has 1 unspecified atom stereocenters. The summed E-state index contributed by atoms with van der Waals surface area (Å²) >= 11 is 0. The van der Waals surface area contributed by atoms with Crippen molar-refractivity contribution in [3.05, 3.63) is 53.9 Å². The number of rotatable bonds is 4. The van der Waals surface area contributed by atoms with E-state index in [9.17, 15) is 14.7 Å². The molecule has 2 aliphatic rings. The Hall–Kier alpha value is -2.67. The molecule has 1 aromatic carbocycles. The molecule has 2 fully saturated rings. The summed E-state index contributed by atoms with van der Waals surface area (Å²) in [5.41, 5.74) is 1.43. The van der Waals surface area contributed by atoms with E-state index in [4.69, 9.17) is 0 Å². The van der Waals surface area contributed by atoms with E-state index in [1.807, 2.05) is 30.5 Å². The van der Waals surface area contributed by atoms with Gasteiger partial charge in [-0.15, -0.1) is 0 Å². The van der Waals surface area contributed by atoms with Crippen molar-refractivity contribution in [1.29, 1.82) is 0 Å². The summed E-state index contributed by atoms with van der Waals surface area (Å²) in [6.45, 7) is 2.86. The maximum absolute atomic E-state index is 13.2. The van der Waals surface area contributed by atoms with E-state index in [1.165, 1.54) is 0 Å². The number of piperidine rings is 1. The number of carbonyl (C=O) groups is 2. The zero-order chi connectivity index (χ0) is 18.9. The standard InChI is InChI=1S/C20H24N4O3/c25-18(16-4-1-3-15(11-16)13-23-10-2-7-22-23)24-14-20(5-8-21-9-6-20)12-17(24)19(26)27/h1-4,7,10-11,17,21H,5-6,8-9,12-14H2,(H,26,27). The van der Waals surface area contributed by atoms with Gasteiger partial charge in [0.25, 0.3) is 5.91 Å². The van der Waals surface area contributed by atoms with Crippen LogP contribution in [0, 0.1) is 5.41 Å². The number of hydrogen-bond acceptors (Lipinski definition) is 4. The number of aliphatic carboxylic acids is 1. The summed E-state index contributed by atoms with van der Waals surface area (Å²) in [6, 6.07) is 8.52. The van der Waals surface area contributed by atoms with Gasteiger partial charge in [-0.1, -0.05) is 12.1 Å². The first-order chi connectivity index (χ1) is 13.1. The maximum atomic E-state index is 13.2. The molecule has 1 atom stereocenters. The summed E-state index contributed by atoms with van der Waals surface area (Å²) < 4.78 is 1.80. The Bertz CT molecular complexity index is 828. The minimum atomic E-state index is -0.911. The summed E-state index contributed by atoms with van der Waals surface area (Å²) in [5.74, 6) is -1.11. The van der Waals surface area contributed by atoms with Gasteiger partial charge < -0.3 is 15.3 Å². The third-order valence-corrected chi connectivity index (χ3v) is 5.80. The van der Waals surface area contributed by atoms with E-state index in [1.54, 1.807) is 21.8 Å². The van der Waals surface area contributed by atoms with Gasteiger partial charge in [-0.2, -0.15) is 5.10 Å². The van der Waals surface area contributed by atoms with Gasteiger partial charge >= 0.3 is 5.97 Å². The third-order valence-electron chi connectivity index (χ3n) is 5.80. The highest BCUT2D eigenvalue weighted by atomic mass is 16.4. The Balaban J connectivity index is 1.56. The third kappa shape index (κ3) is 3.60. The van der Waals surface area contributed by atoms with Crippen molar-refractivity contribution in [1.82, 2.24) is 20.0 Å². The van der Waals surface area contributed by atoms with Gasteiger partial charge in [0.05, 0.1) is 6.54 Å². The second-order valence-electron chi connectivity index (χ2n) is 7.65. The molecule has 4 rings (SSSR count). The Kier molecular flexibility index (Phi) is 4.70. The van der Waals surface area contributed by atoms with Gasteiger partial charge in [0.2, 0.25) is 0 Å². The average Bonchev–Trinajstić information content (AvgIpc) is 3.30. The lowest BCUT2D eigenvalue weighted by Crippen LogP contribution is -2.42. The zero-order valence-corrected chi connectivity index (χ0v) is 15.2. The number of likely N-dealkylation sites (tertiary alicyclic amines) is 1. The molecule has 0 bridgehead atoms. The Morgan fingerprint density at radius 3 is 2.78 bits per heavy atom. The van der Waals surface area contributed by atoms with Gasteiger partial charge in [0.1, 0.15) is 6.04 Å². The Morgan fingerprint density at radius 1 is 1.26 bits per heavy atom. The molecule has 2 aliphatic heterocycles. The van der Waals surface area contributed by atoms with Crippen LogP contribution in [0.25, 0.3) is 0 Å². The van der Waals surface area contributed by atoms with Crippen LogP contribution in [0.2, 0.25) is 0 Å². The van der Waals surface area contributed by atoms with Crippen LogP contribution in [0.3, 0.4) is 0 Å². The number of amides is 1. The van der Waals surface area contributed by atoms with Crippen molar-refractivity contribution in [2.75, 3.05) is 19.6 Å². The first-order valence-corrected chi connectivity index (χ1v) is 9.37. The number of carbonyl (C=O) groups excluding carboxylic acids is 1. The number of carboxylic acids is 1. The van der Waals surface area contributed by atoms with Crippen LogP contribution >= 0.6 is 0 Å². The van der Waals surface area contributed by atoms with Crippen LogP contribution < -0.4 is 5.32 Å². The van der Waals surface area contributed by atoms with E-state index in [0.29, 0.717) is 25.1 Å². The van der Waals surface area contributed by atoms with Crippen LogP contribution in [0.15, 0.2) is 42.7 Å². The highest BCUT2D eigenvalue weighted by Crippen LogP contribution is 2.42. The zero-order valence-electron chi connectivity index (χ0n) is 15.2. The average molecular weight is 368 g/mol. The molecular formula is C20H24N4O3. The topological polar surface area (TPSA) is 87.5 Å². The molecule has 3 heterocycles. The second-order valence-corrected chi connectivity index (χ2v) is 7.65. The number of nitrogens with zero attached hydrogens (tertiary/aromatic N) is 3. The minimum Gasteiger partial charge on any atom is -0.480 e. The molecule has 7 heteroatoms. The van der Waals surface area contributed by atoms with Crippen molar-refractivity contribution in [2.24, 2.45) is 5.41 Å². The Morgan fingerprint density at radius 2 is 2.07 bits per heavy atom. The molecule has 1 spiro atoms. The highest BCUT2D eigenvalue weighted by Gasteiger charge is 2.49. The van der Waals surface area contributed by atoms with Crippen LogP contribution in [-0.2, 0) is 11.3 Å². The van der Waals surface area contributed by atoms with Crippen LogP contribution in [0.4, 0.5) is 0 Å². The molecular weight excluding hydrogens is 344 g/mol. The minimum absolute atomic E-state index is 0.0728. The fourth-order valence-electron chi connectivity index (χ4n) is 4.36. The van der Waals surface area contributed by atoms with Crippen LogP contribution in [-0.4, -0.2) is 57.3 Å². The molecule has 1 amide bonds. The van der Waals surface area contributed by atoms with E-state index in [0.717, 1.165) is 31.5 Å². The number of benzene rings is 1. The van der Waals surface area contributed by atoms with Gasteiger partial charge in [-0.05, 0) is 61.5 Å². The van der Waals surface area contributed by atoms with E-state index < -0.39 is 12.0 Å². The molecule has 0 radical (unpaired) electrons. The van der Waals surface area contributed by atoms with Crippen LogP contribution in [0.5, 0.6) is 0 Å². The fraction of sp³-hybridized carbons (Fsp3) is 0.450. The predicted molar refractivity (Wildman–Crippen MR) is 99.4 cm³/mol. The molecule has 27 heavy (non-hydrogen) atoms. The highest BCUT2D eigenvalue weighted by molar-refractivity contribution is 5.97. The van der Waals surface area contributed by atoms with E-state index in [2.05, 4.69) is 10.4 Å². The smallest absolute Gasteiger partial charge is 0.326 e. The monoisotopic (exact) mass is 368 g/mol. The molecule has 0 saturated carbocycles. The lowest BCUT2D eigenvalue weighted by molar-refractivity contribution is -0.141. The SMILES string of the molecule is O=C(O)C1CC2(CCNCC2)CN1C(=O)c1cccc(Cn2cccn2)c1. The number of carboxylic acid groups (broad SMARTS) is 1. The summed E-state index contributed by atoms with van der Waals surface area (Å²) in [5, 5.41) is 17.2. The van der Waals surface area contributed by atoms with Crippen molar-refractivity contribution in [3.8, 4) is 0 Å². The van der Waals surface area contributed by atoms with Crippen LogP contribution in [0.1, 0.15) is 35.2 Å². The summed E-state index contributed by atoms with van der Waals surface area (Å²) in [6.07, 6.45) is 5.97. The largest absolute Gasteiger partial charge is 0.480 e. The molecule has 1 aromatic heterocycles. The molecule has 7 nitrogen and oxygen atoms in total. The molecule has 0 aliphatic carbocycles. The van der Waals surface area contributed by atoms with Gasteiger partial charge in [-0.25, -0.2) is 4.79 Å². The molecule has 2 saturated heterocycles. The lowest BCUT2D eigenvalue weighted by Gasteiger charge is -2.33. The van der Waals surface area contributed by atoms with E-state index in [-0.39, 0.29) is 11.3 Å². The number of hydrogen-bond donors (Lipinski definition) is 2. The van der Waals surface area contributed by atoms with Gasteiger partial charge in [0, 0.05) is 24.5 Å². The van der Waals surface area contributed by atoms with E-state index >= 15 is 0 Å². The first kappa shape index (κ1) is 17.7. The summed E-state index contributed by atoms with van der Waals surface area (Å²) in [4.78, 5) is 26.6. The molecule has 2 aromatic rings. The quantitative estimate of drug-likeness (QED) is 0.856. The van der Waals surface area contributed by atoms with Crippen molar-refractivity contribution in [2.45, 2.75) is 31.8 Å². The number of nitrogens with one attached hydrogen (secondary N) is 1. The second kappa shape index (κ2) is 7.15. The number of aromatic nitrogens is 2. The first-order valence-electron chi connectivity index (χ1n) is 9.37. The van der Waals surface area contributed by atoms with Gasteiger partial charge in [0.15, 0.2) is 0 Å². The van der Waals surface area contributed by atoms with Crippen molar-refractivity contribution < 1.29 is 14.7 Å². The Labute approximate surface area is 158 Å².